The van der Waals surface area contributed by atoms with Crippen molar-refractivity contribution in [3.8, 4) is 0 Å². The molecule has 0 saturated carbocycles. The van der Waals surface area contributed by atoms with Crippen molar-refractivity contribution in [2.45, 2.75) is 13.8 Å². The monoisotopic (exact) mass is 212 g/mol. The van der Waals surface area contributed by atoms with Crippen molar-refractivity contribution in [2.75, 3.05) is 32.8 Å². The lowest BCUT2D eigenvalue weighted by Gasteiger charge is -2.16. The quantitative estimate of drug-likeness (QED) is 0.484. The highest BCUT2D eigenvalue weighted by Gasteiger charge is 2.23. The van der Waals surface area contributed by atoms with E-state index in [1.165, 1.54) is 0 Å². The molecule has 0 spiro atoms. The molecule has 0 aliphatic heterocycles. The van der Waals surface area contributed by atoms with Crippen molar-refractivity contribution in [1.29, 1.82) is 0 Å². The van der Waals surface area contributed by atoms with Crippen LogP contribution in [-0.4, -0.2) is 37.9 Å². The molecule has 0 aliphatic carbocycles. The molecule has 6 heteroatoms. The number of rotatable bonds is 8. The summed E-state index contributed by atoms with van der Waals surface area (Å²) in [6.07, 6.45) is -0.102. The van der Waals surface area contributed by atoms with Crippen LogP contribution in [0.5, 0.6) is 0 Å². The van der Waals surface area contributed by atoms with Gasteiger partial charge in [0.05, 0.1) is 26.4 Å². The molecule has 5 nitrogen and oxygen atoms in total. The third-order valence-corrected chi connectivity index (χ3v) is 2.94. The predicted molar refractivity (Wildman–Crippen MR) is 48.8 cm³/mol. The molecule has 0 aromatic carbocycles. The van der Waals surface area contributed by atoms with Crippen LogP contribution < -0.4 is 0 Å². The Balaban J connectivity index is 3.85. The molecule has 0 aliphatic rings. The fourth-order valence-corrected chi connectivity index (χ4v) is 2.11. The van der Waals surface area contributed by atoms with Gasteiger partial charge >= 0.3 is 7.60 Å². The first kappa shape index (κ1) is 13.1. The van der Waals surface area contributed by atoms with Crippen LogP contribution in [0, 0.1) is 0 Å². The molecule has 0 aromatic rings. The number of hydrogen-bond donors (Lipinski definition) is 1. The van der Waals surface area contributed by atoms with Gasteiger partial charge in [-0.2, -0.15) is 0 Å². The number of aliphatic hydroxyl groups excluding tert-OH is 1. The van der Waals surface area contributed by atoms with E-state index in [-0.39, 0.29) is 19.6 Å². The van der Waals surface area contributed by atoms with Gasteiger partial charge in [0.15, 0.2) is 0 Å². The molecular weight excluding hydrogens is 195 g/mol. The van der Waals surface area contributed by atoms with Crippen LogP contribution in [0.3, 0.4) is 0 Å². The van der Waals surface area contributed by atoms with E-state index in [4.69, 9.17) is 18.9 Å². The smallest absolute Gasteiger partial charge is 0.356 e. The molecule has 0 heterocycles. The van der Waals surface area contributed by atoms with Gasteiger partial charge in [-0.15, -0.1) is 0 Å². The van der Waals surface area contributed by atoms with Crippen LogP contribution in [0.4, 0.5) is 0 Å². The summed E-state index contributed by atoms with van der Waals surface area (Å²) in [6, 6.07) is 0. The second-order valence-corrected chi connectivity index (χ2v) is 4.20. The molecule has 0 radical (unpaired) electrons. The van der Waals surface area contributed by atoms with Gasteiger partial charge in [0.25, 0.3) is 0 Å². The summed E-state index contributed by atoms with van der Waals surface area (Å²) < 4.78 is 26.4. The Hall–Kier alpha value is 0.0700. The van der Waals surface area contributed by atoms with Crippen LogP contribution in [0.1, 0.15) is 13.8 Å². The average Bonchev–Trinajstić information content (AvgIpc) is 2.05. The van der Waals surface area contributed by atoms with Gasteiger partial charge in [0, 0.05) is 0 Å². The molecule has 0 amide bonds. The van der Waals surface area contributed by atoms with E-state index < -0.39 is 7.60 Å². The first-order valence-electron chi connectivity index (χ1n) is 4.25. The molecule has 0 atom stereocenters. The van der Waals surface area contributed by atoms with E-state index in [1.54, 1.807) is 13.8 Å². The lowest BCUT2D eigenvalue weighted by atomic mass is 10.8. The van der Waals surface area contributed by atoms with Gasteiger partial charge in [-0.1, -0.05) is 0 Å². The number of aliphatic hydroxyl groups is 1. The third kappa shape index (κ3) is 6.18. The fourth-order valence-electron chi connectivity index (χ4n) is 0.746. The van der Waals surface area contributed by atoms with Gasteiger partial charge in [-0.3, -0.25) is 4.57 Å². The molecule has 13 heavy (non-hydrogen) atoms. The summed E-state index contributed by atoms with van der Waals surface area (Å²) in [5.74, 6) is 0. The van der Waals surface area contributed by atoms with E-state index in [9.17, 15) is 4.57 Å². The topological polar surface area (TPSA) is 65.0 Å². The minimum absolute atomic E-state index is 0.0990. The molecule has 80 valence electrons. The van der Waals surface area contributed by atoms with E-state index in [0.29, 0.717) is 13.2 Å². The van der Waals surface area contributed by atoms with Gasteiger partial charge in [-0.05, 0) is 13.8 Å². The van der Waals surface area contributed by atoms with Crippen LogP contribution in [0.15, 0.2) is 0 Å². The molecule has 0 fully saturated rings. The van der Waals surface area contributed by atoms with E-state index >= 15 is 0 Å². The Morgan fingerprint density at radius 3 is 2.15 bits per heavy atom. The highest BCUT2D eigenvalue weighted by Crippen LogP contribution is 2.47. The number of hydrogen-bond acceptors (Lipinski definition) is 5. The Morgan fingerprint density at radius 1 is 1.23 bits per heavy atom. The van der Waals surface area contributed by atoms with Crippen molar-refractivity contribution >= 4 is 7.60 Å². The van der Waals surface area contributed by atoms with Crippen LogP contribution in [0.25, 0.3) is 0 Å². The van der Waals surface area contributed by atoms with Gasteiger partial charge in [-0.25, -0.2) is 0 Å². The van der Waals surface area contributed by atoms with E-state index in [2.05, 4.69) is 0 Å². The fraction of sp³-hybridized carbons (Fsp3) is 1.00. The maximum Gasteiger partial charge on any atom is 0.356 e. The highest BCUT2D eigenvalue weighted by atomic mass is 31.2. The molecule has 1 N–H and O–H groups in total. The Bertz CT molecular complexity index is 151. The van der Waals surface area contributed by atoms with Crippen molar-refractivity contribution in [3.05, 3.63) is 0 Å². The maximum atomic E-state index is 11.6. The zero-order valence-electron chi connectivity index (χ0n) is 8.06. The van der Waals surface area contributed by atoms with Gasteiger partial charge in [0.2, 0.25) is 0 Å². The summed E-state index contributed by atoms with van der Waals surface area (Å²) in [7, 11) is -3.08. The Labute approximate surface area is 78.5 Å². The summed E-state index contributed by atoms with van der Waals surface area (Å²) in [5.41, 5.74) is 0. The van der Waals surface area contributed by atoms with E-state index in [0.717, 1.165) is 0 Å². The number of ether oxygens (including phenoxy) is 1. The molecule has 0 rings (SSSR count). The normalized spacial score (nSPS) is 11.9. The van der Waals surface area contributed by atoms with Crippen LogP contribution >= 0.6 is 7.60 Å². The molecule has 0 aromatic heterocycles. The average molecular weight is 212 g/mol. The lowest BCUT2D eigenvalue weighted by Crippen LogP contribution is -2.06. The molecule has 0 saturated heterocycles. The second kappa shape index (κ2) is 7.47. The Kier molecular flexibility index (Phi) is 7.51. The first-order valence-corrected chi connectivity index (χ1v) is 5.98. The lowest BCUT2D eigenvalue weighted by molar-refractivity contribution is 0.0993. The zero-order valence-corrected chi connectivity index (χ0v) is 8.96. The van der Waals surface area contributed by atoms with Gasteiger partial charge < -0.3 is 18.9 Å². The first-order chi connectivity index (χ1) is 6.18. The summed E-state index contributed by atoms with van der Waals surface area (Å²) in [5, 5.41) is 8.43. The van der Waals surface area contributed by atoms with E-state index in [1.807, 2.05) is 0 Å². The minimum Gasteiger partial charge on any atom is -0.394 e. The summed E-state index contributed by atoms with van der Waals surface area (Å²) >= 11 is 0. The summed E-state index contributed by atoms with van der Waals surface area (Å²) in [4.78, 5) is 0. The zero-order chi connectivity index (χ0) is 10.2. The van der Waals surface area contributed by atoms with Crippen molar-refractivity contribution < 1.29 is 23.5 Å². The summed E-state index contributed by atoms with van der Waals surface area (Å²) in [6.45, 7) is 4.15. The maximum absolute atomic E-state index is 11.6. The van der Waals surface area contributed by atoms with Gasteiger partial charge in [0.1, 0.15) is 6.35 Å². The largest absolute Gasteiger partial charge is 0.394 e. The second-order valence-electron chi connectivity index (χ2n) is 2.21. The van der Waals surface area contributed by atoms with Crippen LogP contribution in [-0.2, 0) is 18.3 Å². The standard InChI is InChI=1S/C7H17O5P/c1-3-11-13(9,12-4-2)7-10-6-5-8/h8H,3-7H2,1-2H3. The molecular formula is C7H17O5P. The van der Waals surface area contributed by atoms with Crippen molar-refractivity contribution in [2.24, 2.45) is 0 Å². The van der Waals surface area contributed by atoms with Crippen molar-refractivity contribution in [1.82, 2.24) is 0 Å². The predicted octanol–water partition coefficient (Wildman–Crippen LogP) is 1.22. The molecule has 0 bridgehead atoms. The SMILES string of the molecule is CCOP(=O)(COCCO)OCC. The van der Waals surface area contributed by atoms with Crippen LogP contribution in [0.2, 0.25) is 0 Å². The minimum atomic E-state index is -3.08. The Morgan fingerprint density at radius 2 is 1.77 bits per heavy atom. The molecule has 0 unspecified atom stereocenters. The third-order valence-electron chi connectivity index (χ3n) is 1.14. The van der Waals surface area contributed by atoms with Crippen molar-refractivity contribution in [3.63, 3.8) is 0 Å². The highest BCUT2D eigenvalue weighted by molar-refractivity contribution is 7.53.